The molecule has 132 valence electrons. The second kappa shape index (κ2) is 7.00. The average molecular weight is 339 g/mol. The van der Waals surface area contributed by atoms with E-state index in [1.54, 1.807) is 7.11 Å². The van der Waals surface area contributed by atoms with E-state index >= 15 is 0 Å². The van der Waals surface area contributed by atoms with Crippen LogP contribution in [-0.2, 0) is 9.53 Å². The standard InChI is InChI=1S/C20H25N3O2/c1-25-18(15-10-11-15)20(24)23-12-6-5-9-17(23)19-21-13-16(22-19)14-7-3-2-4-8-14/h2-4,7-8,13,15,17-18H,5-6,9-12H2,1H3,(H,21,22). The summed E-state index contributed by atoms with van der Waals surface area (Å²) in [5.41, 5.74) is 2.02. The van der Waals surface area contributed by atoms with Crippen LogP contribution in [0.15, 0.2) is 36.5 Å². The van der Waals surface area contributed by atoms with Gasteiger partial charge < -0.3 is 14.6 Å². The maximum atomic E-state index is 13.0. The van der Waals surface area contributed by atoms with Crippen LogP contribution >= 0.6 is 0 Å². The van der Waals surface area contributed by atoms with E-state index in [4.69, 9.17) is 9.72 Å². The highest BCUT2D eigenvalue weighted by molar-refractivity contribution is 5.82. The molecule has 5 heteroatoms. The zero-order valence-corrected chi connectivity index (χ0v) is 14.6. The molecule has 2 aliphatic rings. The van der Waals surface area contributed by atoms with Crippen molar-refractivity contribution in [2.75, 3.05) is 13.7 Å². The zero-order valence-electron chi connectivity index (χ0n) is 14.6. The Bertz CT molecular complexity index is 724. The van der Waals surface area contributed by atoms with E-state index in [9.17, 15) is 4.79 Å². The van der Waals surface area contributed by atoms with Crippen LogP contribution in [0.1, 0.15) is 44.0 Å². The topological polar surface area (TPSA) is 58.2 Å². The lowest BCUT2D eigenvalue weighted by molar-refractivity contribution is -0.147. The van der Waals surface area contributed by atoms with Gasteiger partial charge in [-0.2, -0.15) is 0 Å². The number of benzene rings is 1. The number of nitrogens with zero attached hydrogens (tertiary/aromatic N) is 2. The van der Waals surface area contributed by atoms with Gasteiger partial charge in [-0.25, -0.2) is 4.98 Å². The summed E-state index contributed by atoms with van der Waals surface area (Å²) in [6, 6.07) is 10.2. The second-order valence-electron chi connectivity index (χ2n) is 7.07. The van der Waals surface area contributed by atoms with E-state index in [0.29, 0.717) is 5.92 Å². The first-order valence-corrected chi connectivity index (χ1v) is 9.22. The normalized spacial score (nSPS) is 22.0. The predicted octanol–water partition coefficient (Wildman–Crippen LogP) is 3.56. The van der Waals surface area contributed by atoms with Gasteiger partial charge in [0.05, 0.1) is 11.7 Å². The van der Waals surface area contributed by atoms with E-state index in [1.807, 2.05) is 29.3 Å². The number of carbonyl (C=O) groups excluding carboxylic acids is 1. The lowest BCUT2D eigenvalue weighted by Gasteiger charge is -2.36. The molecule has 25 heavy (non-hydrogen) atoms. The van der Waals surface area contributed by atoms with Gasteiger partial charge in [-0.05, 0) is 38.0 Å². The number of H-pyrrole nitrogens is 1. The quantitative estimate of drug-likeness (QED) is 0.906. The van der Waals surface area contributed by atoms with Crippen molar-refractivity contribution in [1.29, 1.82) is 0 Å². The Morgan fingerprint density at radius 2 is 2.04 bits per heavy atom. The number of hydrogen-bond donors (Lipinski definition) is 1. The Morgan fingerprint density at radius 3 is 2.76 bits per heavy atom. The third-order valence-electron chi connectivity index (χ3n) is 5.32. The fourth-order valence-corrected chi connectivity index (χ4v) is 3.80. The van der Waals surface area contributed by atoms with Gasteiger partial charge in [-0.3, -0.25) is 4.79 Å². The van der Waals surface area contributed by atoms with Gasteiger partial charge in [0.25, 0.3) is 5.91 Å². The van der Waals surface area contributed by atoms with Crippen molar-refractivity contribution in [3.63, 3.8) is 0 Å². The van der Waals surface area contributed by atoms with Crippen LogP contribution in [-0.4, -0.2) is 40.5 Å². The highest BCUT2D eigenvalue weighted by atomic mass is 16.5. The smallest absolute Gasteiger partial charge is 0.252 e. The number of amides is 1. The number of imidazole rings is 1. The van der Waals surface area contributed by atoms with Crippen LogP contribution in [0.3, 0.4) is 0 Å². The second-order valence-corrected chi connectivity index (χ2v) is 7.07. The van der Waals surface area contributed by atoms with Crippen LogP contribution in [0.25, 0.3) is 11.3 Å². The number of aromatic amines is 1. The lowest BCUT2D eigenvalue weighted by Crippen LogP contribution is -2.45. The SMILES string of the molecule is COC(C(=O)N1CCCCC1c1nc(-c2ccccc2)c[nH]1)C1CC1. The number of rotatable bonds is 5. The summed E-state index contributed by atoms with van der Waals surface area (Å²) in [7, 11) is 1.65. The lowest BCUT2D eigenvalue weighted by atomic mass is 10.00. The number of aromatic nitrogens is 2. The van der Waals surface area contributed by atoms with Gasteiger partial charge in [0.1, 0.15) is 11.9 Å². The molecular formula is C20H25N3O2. The summed E-state index contributed by atoms with van der Waals surface area (Å²) in [5.74, 6) is 1.42. The Hall–Kier alpha value is -2.14. The van der Waals surface area contributed by atoms with Crippen molar-refractivity contribution in [2.45, 2.75) is 44.2 Å². The number of piperidine rings is 1. The van der Waals surface area contributed by atoms with Crippen molar-refractivity contribution < 1.29 is 9.53 Å². The van der Waals surface area contributed by atoms with E-state index in [2.05, 4.69) is 17.1 Å². The molecule has 1 N–H and O–H groups in total. The van der Waals surface area contributed by atoms with Gasteiger partial charge in [-0.1, -0.05) is 30.3 Å². The minimum absolute atomic E-state index is 0.0233. The van der Waals surface area contributed by atoms with Crippen molar-refractivity contribution in [3.8, 4) is 11.3 Å². The largest absolute Gasteiger partial charge is 0.371 e. The van der Waals surface area contributed by atoms with Crippen LogP contribution in [0.5, 0.6) is 0 Å². The van der Waals surface area contributed by atoms with Gasteiger partial charge in [-0.15, -0.1) is 0 Å². The number of carbonyl (C=O) groups is 1. The molecule has 1 saturated carbocycles. The summed E-state index contributed by atoms with van der Waals surface area (Å²) in [5, 5.41) is 0. The van der Waals surface area contributed by atoms with E-state index in [0.717, 1.165) is 55.7 Å². The zero-order chi connectivity index (χ0) is 17.2. The highest BCUT2D eigenvalue weighted by Crippen LogP contribution is 2.38. The maximum absolute atomic E-state index is 13.0. The van der Waals surface area contributed by atoms with Gasteiger partial charge >= 0.3 is 0 Å². The molecule has 2 aromatic rings. The minimum Gasteiger partial charge on any atom is -0.371 e. The first-order valence-electron chi connectivity index (χ1n) is 9.22. The molecule has 2 atom stereocenters. The van der Waals surface area contributed by atoms with E-state index < -0.39 is 0 Å². The van der Waals surface area contributed by atoms with Gasteiger partial charge in [0.15, 0.2) is 0 Å². The number of hydrogen-bond acceptors (Lipinski definition) is 3. The molecule has 1 aromatic carbocycles. The third-order valence-corrected chi connectivity index (χ3v) is 5.32. The van der Waals surface area contributed by atoms with Crippen molar-refractivity contribution >= 4 is 5.91 Å². The molecule has 4 rings (SSSR count). The number of methoxy groups -OCH3 is 1. The molecule has 2 unspecified atom stereocenters. The molecule has 1 aliphatic carbocycles. The van der Waals surface area contributed by atoms with E-state index in [-0.39, 0.29) is 18.1 Å². The first-order chi connectivity index (χ1) is 12.3. The molecule has 5 nitrogen and oxygen atoms in total. The molecule has 0 spiro atoms. The predicted molar refractivity (Wildman–Crippen MR) is 95.8 cm³/mol. The summed E-state index contributed by atoms with van der Waals surface area (Å²) >= 11 is 0. The van der Waals surface area contributed by atoms with Crippen LogP contribution < -0.4 is 0 Å². The molecule has 1 aromatic heterocycles. The van der Waals surface area contributed by atoms with Crippen molar-refractivity contribution in [1.82, 2.24) is 14.9 Å². The third kappa shape index (κ3) is 3.33. The van der Waals surface area contributed by atoms with Crippen molar-refractivity contribution in [2.24, 2.45) is 5.92 Å². The van der Waals surface area contributed by atoms with Gasteiger partial charge in [0.2, 0.25) is 0 Å². The van der Waals surface area contributed by atoms with Crippen molar-refractivity contribution in [3.05, 3.63) is 42.4 Å². The molecule has 1 saturated heterocycles. The summed E-state index contributed by atoms with van der Waals surface area (Å²) in [6.45, 7) is 0.789. The highest BCUT2D eigenvalue weighted by Gasteiger charge is 2.41. The monoisotopic (exact) mass is 339 g/mol. The van der Waals surface area contributed by atoms with Crippen LogP contribution in [0.4, 0.5) is 0 Å². The average Bonchev–Trinajstić information content (AvgIpc) is 3.38. The molecule has 1 amide bonds. The number of nitrogens with one attached hydrogen (secondary N) is 1. The van der Waals surface area contributed by atoms with Crippen LogP contribution in [0, 0.1) is 5.92 Å². The maximum Gasteiger partial charge on any atom is 0.252 e. The molecule has 1 aliphatic heterocycles. The summed E-state index contributed by atoms with van der Waals surface area (Å²) < 4.78 is 5.53. The van der Waals surface area contributed by atoms with Crippen LogP contribution in [0.2, 0.25) is 0 Å². The Morgan fingerprint density at radius 1 is 1.24 bits per heavy atom. The molecular weight excluding hydrogens is 314 g/mol. The number of ether oxygens (including phenoxy) is 1. The summed E-state index contributed by atoms with van der Waals surface area (Å²) in [6.07, 6.45) is 6.98. The minimum atomic E-state index is -0.288. The molecule has 2 heterocycles. The molecule has 2 fully saturated rings. The fourth-order valence-electron chi connectivity index (χ4n) is 3.80. The summed E-state index contributed by atoms with van der Waals surface area (Å²) in [4.78, 5) is 23.1. The Kier molecular flexibility index (Phi) is 4.57. The van der Waals surface area contributed by atoms with Gasteiger partial charge in [0, 0.05) is 25.4 Å². The Balaban J connectivity index is 1.57. The first kappa shape index (κ1) is 16.3. The Labute approximate surface area is 148 Å². The number of likely N-dealkylation sites (tertiary alicyclic amines) is 1. The molecule has 0 radical (unpaired) electrons. The fraction of sp³-hybridized carbons (Fsp3) is 0.500. The molecule has 0 bridgehead atoms. The van der Waals surface area contributed by atoms with E-state index in [1.165, 1.54) is 0 Å².